The Bertz CT molecular complexity index is 1290. The zero-order valence-corrected chi connectivity index (χ0v) is 18.5. The molecule has 0 amide bonds. The number of nitrogens with zero attached hydrogens (tertiary/aromatic N) is 2. The molecule has 162 valence electrons. The maximum atomic E-state index is 13.7. The molecule has 0 spiro atoms. The predicted molar refractivity (Wildman–Crippen MR) is 119 cm³/mol. The van der Waals surface area contributed by atoms with E-state index in [0.717, 1.165) is 11.8 Å². The summed E-state index contributed by atoms with van der Waals surface area (Å²) in [6.45, 7) is 1.34. The summed E-state index contributed by atoms with van der Waals surface area (Å²) >= 11 is 5.88. The van der Waals surface area contributed by atoms with Crippen LogP contribution >= 0.6 is 11.6 Å². The van der Waals surface area contributed by atoms with Gasteiger partial charge in [0.15, 0.2) is 0 Å². The fourth-order valence-electron chi connectivity index (χ4n) is 2.80. The lowest BCUT2D eigenvalue weighted by Crippen LogP contribution is -2.27. The second-order valence-corrected chi connectivity index (χ2v) is 9.01. The van der Waals surface area contributed by atoms with Crippen LogP contribution in [0.4, 0.5) is 4.39 Å². The second-order valence-electron chi connectivity index (χ2n) is 6.93. The van der Waals surface area contributed by atoms with Crippen molar-refractivity contribution in [1.29, 1.82) is 0 Å². The summed E-state index contributed by atoms with van der Waals surface area (Å²) in [5.41, 5.74) is 1.95. The lowest BCUT2D eigenvalue weighted by Gasteiger charge is -2.10. The van der Waals surface area contributed by atoms with Gasteiger partial charge in [0.25, 0.3) is 15.7 Å². The standard InChI is InChI=1S/C22H20ClFN2O4S/c1-15-12-17(7-10-20(15)24)21-13-18(14-30-31(2,28)29)22(27)26(25-21)11-3-4-16-5-8-19(23)9-6-16/h3-10,12-13H,11,14H2,1-2H3. The number of halogens is 2. The molecule has 31 heavy (non-hydrogen) atoms. The number of hydrogen-bond acceptors (Lipinski definition) is 5. The maximum Gasteiger partial charge on any atom is 0.272 e. The molecule has 2 aromatic carbocycles. The highest BCUT2D eigenvalue weighted by atomic mass is 35.5. The Labute approximate surface area is 184 Å². The van der Waals surface area contributed by atoms with Gasteiger partial charge in [-0.2, -0.15) is 13.5 Å². The molecule has 0 saturated heterocycles. The molecule has 0 bridgehead atoms. The van der Waals surface area contributed by atoms with Gasteiger partial charge in [0, 0.05) is 16.1 Å². The Morgan fingerprint density at radius 1 is 1.16 bits per heavy atom. The largest absolute Gasteiger partial charge is 0.272 e. The highest BCUT2D eigenvalue weighted by molar-refractivity contribution is 7.85. The third-order valence-corrected chi connectivity index (χ3v) is 5.19. The van der Waals surface area contributed by atoms with Gasteiger partial charge in [0.1, 0.15) is 5.82 Å². The Hall–Kier alpha value is -2.81. The van der Waals surface area contributed by atoms with Crippen LogP contribution in [0.1, 0.15) is 16.7 Å². The lowest BCUT2D eigenvalue weighted by molar-refractivity contribution is 0.308. The second kappa shape index (κ2) is 9.55. The number of aromatic nitrogens is 2. The number of benzene rings is 2. The van der Waals surface area contributed by atoms with Crippen LogP contribution < -0.4 is 5.56 Å². The van der Waals surface area contributed by atoms with E-state index in [9.17, 15) is 17.6 Å². The van der Waals surface area contributed by atoms with Gasteiger partial charge in [-0.1, -0.05) is 35.9 Å². The molecular weight excluding hydrogens is 443 g/mol. The van der Waals surface area contributed by atoms with Crippen molar-refractivity contribution in [3.63, 3.8) is 0 Å². The van der Waals surface area contributed by atoms with Crippen molar-refractivity contribution in [2.45, 2.75) is 20.1 Å². The van der Waals surface area contributed by atoms with E-state index in [0.29, 0.717) is 21.8 Å². The molecule has 6 nitrogen and oxygen atoms in total. The van der Waals surface area contributed by atoms with Crippen molar-refractivity contribution in [1.82, 2.24) is 9.78 Å². The van der Waals surface area contributed by atoms with Crippen LogP contribution in [0.3, 0.4) is 0 Å². The van der Waals surface area contributed by atoms with Crippen molar-refractivity contribution in [3.05, 3.63) is 92.5 Å². The Kier molecular flexibility index (Phi) is 7.04. The van der Waals surface area contributed by atoms with E-state index in [4.69, 9.17) is 15.8 Å². The number of rotatable bonds is 7. The monoisotopic (exact) mass is 462 g/mol. The normalized spacial score (nSPS) is 11.9. The van der Waals surface area contributed by atoms with Crippen LogP contribution in [0.5, 0.6) is 0 Å². The van der Waals surface area contributed by atoms with Gasteiger partial charge in [0.05, 0.1) is 25.1 Å². The summed E-state index contributed by atoms with van der Waals surface area (Å²) in [7, 11) is -3.74. The molecule has 0 fully saturated rings. The molecule has 0 unspecified atom stereocenters. The molecule has 1 aromatic heterocycles. The quantitative estimate of drug-likeness (QED) is 0.492. The molecule has 3 aromatic rings. The number of aryl methyl sites for hydroxylation is 1. The van der Waals surface area contributed by atoms with Gasteiger partial charge < -0.3 is 0 Å². The average molecular weight is 463 g/mol. The van der Waals surface area contributed by atoms with Crippen LogP contribution in [0.2, 0.25) is 5.02 Å². The fraction of sp³-hybridized carbons (Fsp3) is 0.182. The Morgan fingerprint density at radius 3 is 2.52 bits per heavy atom. The summed E-state index contributed by atoms with van der Waals surface area (Å²) in [5.74, 6) is -0.358. The SMILES string of the molecule is Cc1cc(-c2cc(COS(C)(=O)=O)c(=O)n(CC=Cc3ccc(Cl)cc3)n2)ccc1F. The fourth-order valence-corrected chi connectivity index (χ4v) is 3.27. The minimum absolute atomic E-state index is 0.122. The molecule has 1 heterocycles. The minimum atomic E-state index is -3.74. The molecule has 9 heteroatoms. The van der Waals surface area contributed by atoms with Crippen LogP contribution in [-0.2, 0) is 27.5 Å². The van der Waals surface area contributed by atoms with Crippen molar-refractivity contribution in [3.8, 4) is 11.3 Å². The lowest BCUT2D eigenvalue weighted by atomic mass is 10.1. The van der Waals surface area contributed by atoms with E-state index in [-0.39, 0.29) is 17.9 Å². The van der Waals surface area contributed by atoms with Gasteiger partial charge in [-0.25, -0.2) is 9.07 Å². The van der Waals surface area contributed by atoms with E-state index < -0.39 is 22.3 Å². The highest BCUT2D eigenvalue weighted by Crippen LogP contribution is 2.20. The molecule has 0 N–H and O–H groups in total. The molecular formula is C22H20ClFN2O4S. The van der Waals surface area contributed by atoms with Crippen LogP contribution in [0.15, 0.2) is 59.4 Å². The van der Waals surface area contributed by atoms with E-state index in [1.807, 2.05) is 18.2 Å². The maximum absolute atomic E-state index is 13.7. The summed E-state index contributed by atoms with van der Waals surface area (Å²) in [6.07, 6.45) is 4.47. The third kappa shape index (κ3) is 6.33. The molecule has 0 aliphatic carbocycles. The van der Waals surface area contributed by atoms with Gasteiger partial charge in [-0.15, -0.1) is 0 Å². The molecule has 0 aliphatic heterocycles. The Morgan fingerprint density at radius 2 is 1.87 bits per heavy atom. The van der Waals surface area contributed by atoms with E-state index >= 15 is 0 Å². The van der Waals surface area contributed by atoms with Crippen molar-refractivity contribution in [2.24, 2.45) is 0 Å². The van der Waals surface area contributed by atoms with E-state index in [1.54, 1.807) is 37.3 Å². The summed E-state index contributed by atoms with van der Waals surface area (Å²) in [6, 6.07) is 13.1. The Balaban J connectivity index is 1.98. The molecule has 0 radical (unpaired) electrons. The third-order valence-electron chi connectivity index (χ3n) is 4.39. The van der Waals surface area contributed by atoms with E-state index in [2.05, 4.69) is 5.10 Å². The molecule has 3 rings (SSSR count). The van der Waals surface area contributed by atoms with Crippen LogP contribution in [0.25, 0.3) is 17.3 Å². The zero-order valence-electron chi connectivity index (χ0n) is 16.9. The zero-order chi connectivity index (χ0) is 22.6. The summed E-state index contributed by atoms with van der Waals surface area (Å²) in [4.78, 5) is 12.8. The van der Waals surface area contributed by atoms with Crippen LogP contribution in [0, 0.1) is 12.7 Å². The minimum Gasteiger partial charge on any atom is -0.267 e. The predicted octanol–water partition coefficient (Wildman–Crippen LogP) is 4.20. The van der Waals surface area contributed by atoms with Crippen molar-refractivity contribution < 1.29 is 17.0 Å². The average Bonchev–Trinajstić information content (AvgIpc) is 2.71. The first kappa shape index (κ1) is 22.9. The van der Waals surface area contributed by atoms with Crippen LogP contribution in [-0.4, -0.2) is 24.5 Å². The number of allylic oxidation sites excluding steroid dienone is 1. The van der Waals surface area contributed by atoms with E-state index in [1.165, 1.54) is 16.8 Å². The first-order valence-electron chi connectivity index (χ1n) is 9.26. The number of hydrogen-bond donors (Lipinski definition) is 0. The molecule has 0 saturated carbocycles. The first-order valence-corrected chi connectivity index (χ1v) is 11.5. The molecule has 0 aliphatic rings. The highest BCUT2D eigenvalue weighted by Gasteiger charge is 2.13. The van der Waals surface area contributed by atoms with Crippen molar-refractivity contribution >= 4 is 27.8 Å². The van der Waals surface area contributed by atoms with Gasteiger partial charge in [0.2, 0.25) is 0 Å². The topological polar surface area (TPSA) is 78.3 Å². The van der Waals surface area contributed by atoms with Gasteiger partial charge >= 0.3 is 0 Å². The first-order chi connectivity index (χ1) is 14.6. The summed E-state index contributed by atoms with van der Waals surface area (Å²) < 4.78 is 42.4. The summed E-state index contributed by atoms with van der Waals surface area (Å²) in [5, 5.41) is 4.99. The molecule has 0 atom stereocenters. The van der Waals surface area contributed by atoms with Crippen molar-refractivity contribution in [2.75, 3.05) is 6.26 Å². The smallest absolute Gasteiger partial charge is 0.267 e. The van der Waals surface area contributed by atoms with Gasteiger partial charge in [-0.3, -0.25) is 8.98 Å². The van der Waals surface area contributed by atoms with Gasteiger partial charge in [-0.05, 0) is 54.4 Å².